The van der Waals surface area contributed by atoms with Gasteiger partial charge in [-0.3, -0.25) is 9.97 Å². The SMILES string of the molecule is COCCOc1ccc(-c2c(C#N)c(C)nc(SCc3cccnc3)c2C#N)nc1. The van der Waals surface area contributed by atoms with Crippen molar-refractivity contribution in [2.45, 2.75) is 17.7 Å². The molecule has 0 fully saturated rings. The Morgan fingerprint density at radius 2 is 1.90 bits per heavy atom. The first-order chi connectivity index (χ1) is 14.7. The predicted molar refractivity (Wildman–Crippen MR) is 113 cm³/mol. The fourth-order valence-corrected chi connectivity index (χ4v) is 3.74. The number of nitrogens with zero attached hydrogens (tertiary/aromatic N) is 5. The molecule has 0 aromatic carbocycles. The zero-order chi connectivity index (χ0) is 21.3. The van der Waals surface area contributed by atoms with Gasteiger partial charge in [0.2, 0.25) is 0 Å². The van der Waals surface area contributed by atoms with Crippen molar-refractivity contribution in [3.63, 3.8) is 0 Å². The largest absolute Gasteiger partial charge is 0.490 e. The number of hydrogen-bond donors (Lipinski definition) is 0. The minimum atomic E-state index is 0.339. The van der Waals surface area contributed by atoms with E-state index in [4.69, 9.17) is 9.47 Å². The molecular formula is C22H19N5O2S. The molecule has 3 aromatic heterocycles. The highest BCUT2D eigenvalue weighted by atomic mass is 32.2. The zero-order valence-corrected chi connectivity index (χ0v) is 17.4. The van der Waals surface area contributed by atoms with Crippen LogP contribution in [0.2, 0.25) is 0 Å². The van der Waals surface area contributed by atoms with Gasteiger partial charge in [0, 0.05) is 30.8 Å². The van der Waals surface area contributed by atoms with Crippen molar-refractivity contribution in [3.05, 3.63) is 65.2 Å². The van der Waals surface area contributed by atoms with Gasteiger partial charge in [0.25, 0.3) is 0 Å². The Morgan fingerprint density at radius 1 is 1.07 bits per heavy atom. The lowest BCUT2D eigenvalue weighted by Gasteiger charge is -2.13. The van der Waals surface area contributed by atoms with E-state index < -0.39 is 0 Å². The molecule has 0 spiro atoms. The van der Waals surface area contributed by atoms with Gasteiger partial charge in [-0.1, -0.05) is 6.07 Å². The fraction of sp³-hybridized carbons (Fsp3) is 0.227. The van der Waals surface area contributed by atoms with Crippen molar-refractivity contribution in [2.75, 3.05) is 20.3 Å². The molecule has 0 atom stereocenters. The summed E-state index contributed by atoms with van der Waals surface area (Å²) in [6.45, 7) is 2.65. The highest BCUT2D eigenvalue weighted by molar-refractivity contribution is 7.98. The first kappa shape index (κ1) is 21.3. The zero-order valence-electron chi connectivity index (χ0n) is 16.6. The molecule has 0 aliphatic carbocycles. The second kappa shape index (κ2) is 10.4. The number of aromatic nitrogens is 3. The van der Waals surface area contributed by atoms with E-state index in [2.05, 4.69) is 27.1 Å². The van der Waals surface area contributed by atoms with Crippen LogP contribution in [0, 0.1) is 29.6 Å². The molecule has 7 nitrogen and oxygen atoms in total. The number of rotatable bonds is 8. The van der Waals surface area contributed by atoms with Crippen molar-refractivity contribution < 1.29 is 9.47 Å². The van der Waals surface area contributed by atoms with Crippen LogP contribution in [0.4, 0.5) is 0 Å². The Labute approximate surface area is 179 Å². The molecule has 30 heavy (non-hydrogen) atoms. The summed E-state index contributed by atoms with van der Waals surface area (Å²) in [5, 5.41) is 20.1. The number of ether oxygens (including phenoxy) is 2. The Hall–Kier alpha value is -3.46. The predicted octanol–water partition coefficient (Wildman–Crippen LogP) is 3.91. The van der Waals surface area contributed by atoms with Gasteiger partial charge < -0.3 is 9.47 Å². The number of methoxy groups -OCH3 is 1. The second-order valence-electron chi connectivity index (χ2n) is 6.22. The van der Waals surface area contributed by atoms with Crippen LogP contribution in [0.15, 0.2) is 47.9 Å². The molecule has 3 rings (SSSR count). The summed E-state index contributed by atoms with van der Waals surface area (Å²) in [5.74, 6) is 1.20. The van der Waals surface area contributed by atoms with Crippen molar-refractivity contribution in [1.29, 1.82) is 10.5 Å². The molecule has 0 aliphatic rings. The molecule has 0 unspecified atom stereocenters. The Morgan fingerprint density at radius 3 is 2.53 bits per heavy atom. The average Bonchev–Trinajstić information content (AvgIpc) is 2.78. The van der Waals surface area contributed by atoms with Crippen molar-refractivity contribution >= 4 is 11.8 Å². The lowest BCUT2D eigenvalue weighted by molar-refractivity contribution is 0.146. The molecule has 8 heteroatoms. The van der Waals surface area contributed by atoms with E-state index in [1.165, 1.54) is 11.8 Å². The normalized spacial score (nSPS) is 10.3. The van der Waals surface area contributed by atoms with Crippen LogP contribution in [-0.2, 0) is 10.5 Å². The maximum absolute atomic E-state index is 9.88. The van der Waals surface area contributed by atoms with Gasteiger partial charge in [-0.05, 0) is 30.7 Å². The maximum Gasteiger partial charge on any atom is 0.137 e. The molecule has 0 saturated heterocycles. The Kier molecular flexibility index (Phi) is 7.34. The lowest BCUT2D eigenvalue weighted by Crippen LogP contribution is -2.05. The number of thioether (sulfide) groups is 1. The third-order valence-corrected chi connectivity index (χ3v) is 5.26. The summed E-state index contributed by atoms with van der Waals surface area (Å²) in [7, 11) is 1.60. The smallest absolute Gasteiger partial charge is 0.137 e. The Balaban J connectivity index is 1.97. The molecule has 0 radical (unpaired) electrons. The standard InChI is InChI=1S/C22H19N5O2S/c1-15-18(10-23)21(20-6-5-17(13-26-20)29-9-8-28-2)19(11-24)22(27-15)30-14-16-4-3-7-25-12-16/h3-7,12-13H,8-9,14H2,1-2H3. The van der Waals surface area contributed by atoms with Crippen molar-refractivity contribution in [2.24, 2.45) is 0 Å². The first-order valence-electron chi connectivity index (χ1n) is 9.12. The molecule has 0 N–H and O–H groups in total. The van der Waals surface area contributed by atoms with Crippen LogP contribution < -0.4 is 4.74 Å². The van der Waals surface area contributed by atoms with E-state index in [1.807, 2.05) is 12.1 Å². The third kappa shape index (κ3) is 4.93. The van der Waals surface area contributed by atoms with Gasteiger partial charge in [0.05, 0.1) is 35.3 Å². The summed E-state index contributed by atoms with van der Waals surface area (Å²) >= 11 is 1.43. The van der Waals surface area contributed by atoms with Gasteiger partial charge >= 0.3 is 0 Å². The number of pyridine rings is 3. The third-order valence-electron chi connectivity index (χ3n) is 4.22. The maximum atomic E-state index is 9.88. The summed E-state index contributed by atoms with van der Waals surface area (Å²) in [6.07, 6.45) is 5.07. The van der Waals surface area contributed by atoms with E-state index in [1.54, 1.807) is 44.8 Å². The van der Waals surface area contributed by atoms with Crippen LogP contribution in [0.3, 0.4) is 0 Å². The molecule has 0 bridgehead atoms. The van der Waals surface area contributed by atoms with Crippen LogP contribution in [-0.4, -0.2) is 35.3 Å². The number of nitriles is 2. The molecule has 150 valence electrons. The summed E-state index contributed by atoms with van der Waals surface area (Å²) in [5.41, 5.74) is 3.28. The molecule has 0 amide bonds. The quantitative estimate of drug-likeness (QED) is 0.401. The molecule has 0 saturated carbocycles. The van der Waals surface area contributed by atoms with Gasteiger partial charge in [0.1, 0.15) is 29.5 Å². The average molecular weight is 417 g/mol. The van der Waals surface area contributed by atoms with Crippen LogP contribution in [0.5, 0.6) is 5.75 Å². The van der Waals surface area contributed by atoms with E-state index in [0.29, 0.717) is 57.8 Å². The highest BCUT2D eigenvalue weighted by Crippen LogP contribution is 2.35. The molecule has 3 heterocycles. The molecular weight excluding hydrogens is 398 g/mol. The number of aryl methyl sites for hydroxylation is 1. The second-order valence-corrected chi connectivity index (χ2v) is 7.19. The lowest BCUT2D eigenvalue weighted by atomic mass is 9.99. The minimum absolute atomic E-state index is 0.339. The van der Waals surface area contributed by atoms with Gasteiger partial charge in [-0.2, -0.15) is 10.5 Å². The van der Waals surface area contributed by atoms with Gasteiger partial charge in [0.15, 0.2) is 0 Å². The Bertz CT molecular complexity index is 1090. The summed E-state index contributed by atoms with van der Waals surface area (Å²) < 4.78 is 10.5. The van der Waals surface area contributed by atoms with Crippen LogP contribution >= 0.6 is 11.8 Å². The number of hydrogen-bond acceptors (Lipinski definition) is 8. The molecule has 3 aromatic rings. The van der Waals surface area contributed by atoms with E-state index in [-0.39, 0.29) is 0 Å². The van der Waals surface area contributed by atoms with Crippen molar-refractivity contribution in [3.8, 4) is 29.1 Å². The molecule has 0 aliphatic heterocycles. The minimum Gasteiger partial charge on any atom is -0.490 e. The van der Waals surface area contributed by atoms with E-state index in [0.717, 1.165) is 5.56 Å². The van der Waals surface area contributed by atoms with Crippen molar-refractivity contribution in [1.82, 2.24) is 15.0 Å². The summed E-state index contributed by atoms with van der Waals surface area (Å²) in [6, 6.07) is 11.7. The monoisotopic (exact) mass is 417 g/mol. The van der Waals surface area contributed by atoms with E-state index in [9.17, 15) is 10.5 Å². The van der Waals surface area contributed by atoms with Gasteiger partial charge in [-0.25, -0.2) is 4.98 Å². The van der Waals surface area contributed by atoms with Gasteiger partial charge in [-0.15, -0.1) is 11.8 Å². The summed E-state index contributed by atoms with van der Waals surface area (Å²) in [4.78, 5) is 13.1. The fourth-order valence-electron chi connectivity index (χ4n) is 2.77. The highest BCUT2D eigenvalue weighted by Gasteiger charge is 2.21. The van der Waals surface area contributed by atoms with Crippen LogP contribution in [0.1, 0.15) is 22.4 Å². The topological polar surface area (TPSA) is 105 Å². The van der Waals surface area contributed by atoms with E-state index >= 15 is 0 Å². The van der Waals surface area contributed by atoms with Crippen LogP contribution in [0.25, 0.3) is 11.3 Å². The first-order valence-corrected chi connectivity index (χ1v) is 10.1.